The molecule has 10 heteroatoms. The number of fused-ring (bicyclic) bond motifs is 5. The third-order valence-corrected chi connectivity index (χ3v) is 10.9. The van der Waals surface area contributed by atoms with E-state index in [0.717, 1.165) is 33.6 Å². The second-order valence-electron chi connectivity index (χ2n) is 11.7. The average Bonchev–Trinajstić information content (AvgIpc) is 3.37. The van der Waals surface area contributed by atoms with Crippen LogP contribution in [-0.4, -0.2) is 63.2 Å². The number of hydrogen-bond acceptors (Lipinski definition) is 6. The smallest absolute Gasteiger partial charge is 0.407 e. The zero-order valence-corrected chi connectivity index (χ0v) is 26.0. The van der Waals surface area contributed by atoms with Crippen molar-refractivity contribution < 1.29 is 33.8 Å². The van der Waals surface area contributed by atoms with Gasteiger partial charge in [0.1, 0.15) is 10.4 Å². The molecule has 3 aliphatic rings. The van der Waals surface area contributed by atoms with Crippen molar-refractivity contribution >= 4 is 56.7 Å². The van der Waals surface area contributed by atoms with Gasteiger partial charge in [-0.15, -0.1) is 0 Å². The van der Waals surface area contributed by atoms with Crippen LogP contribution >= 0.6 is 15.9 Å². The van der Waals surface area contributed by atoms with Crippen molar-refractivity contribution in [3.05, 3.63) is 71.8 Å². The predicted octanol–water partition coefficient (Wildman–Crippen LogP) is 5.08. The minimum absolute atomic E-state index is 0.0224. The van der Waals surface area contributed by atoms with Gasteiger partial charge in [0.25, 0.3) is 0 Å². The van der Waals surface area contributed by atoms with Crippen molar-refractivity contribution in [2.45, 2.75) is 56.8 Å². The van der Waals surface area contributed by atoms with Crippen LogP contribution in [0.1, 0.15) is 57.6 Å². The average molecular weight is 652 g/mol. The fraction of sp³-hybridized carbons (Fsp3) is 0.424. The van der Waals surface area contributed by atoms with Crippen molar-refractivity contribution in [2.24, 2.45) is 16.7 Å². The van der Waals surface area contributed by atoms with Crippen LogP contribution in [0.15, 0.2) is 60.7 Å². The molecule has 2 aliphatic carbocycles. The summed E-state index contributed by atoms with van der Waals surface area (Å²) in [6.07, 6.45) is 0.763. The normalized spacial score (nSPS) is 28.3. The SMILES string of the molecule is CCCCOC(=O)NC(CCCN1C(=O)C2C3(C)C(=O)C(C)(C(c4ccccc4)=C3c3ccccc3)C2(Br)C1=O)C(=O)O. The van der Waals surface area contributed by atoms with Crippen LogP contribution < -0.4 is 5.32 Å². The highest BCUT2D eigenvalue weighted by Gasteiger charge is 2.85. The van der Waals surface area contributed by atoms with Crippen LogP contribution in [0.2, 0.25) is 0 Å². The summed E-state index contributed by atoms with van der Waals surface area (Å²) in [5.41, 5.74) is 0.438. The van der Waals surface area contributed by atoms with Crippen LogP contribution in [0.25, 0.3) is 11.1 Å². The first-order valence-corrected chi connectivity index (χ1v) is 15.4. The molecule has 5 atom stereocenters. The number of carboxylic acids is 1. The number of benzene rings is 2. The first-order valence-electron chi connectivity index (χ1n) is 14.6. The fourth-order valence-corrected chi connectivity index (χ4v) is 8.52. The molecule has 43 heavy (non-hydrogen) atoms. The number of nitrogens with one attached hydrogen (secondary N) is 1. The van der Waals surface area contributed by atoms with E-state index in [-0.39, 0.29) is 31.8 Å². The fourth-order valence-electron chi connectivity index (χ4n) is 7.27. The van der Waals surface area contributed by atoms with Crippen molar-refractivity contribution in [1.29, 1.82) is 0 Å². The van der Waals surface area contributed by atoms with Crippen molar-refractivity contribution in [3.63, 3.8) is 0 Å². The van der Waals surface area contributed by atoms with Gasteiger partial charge in [0.05, 0.1) is 23.4 Å². The van der Waals surface area contributed by atoms with E-state index in [0.29, 0.717) is 6.42 Å². The minimum Gasteiger partial charge on any atom is -0.480 e. The lowest BCUT2D eigenvalue weighted by molar-refractivity contribution is -0.144. The number of ether oxygens (including phenoxy) is 1. The lowest BCUT2D eigenvalue weighted by atomic mass is 9.63. The molecular weight excluding hydrogens is 616 g/mol. The molecule has 1 aliphatic heterocycles. The maximum absolute atomic E-state index is 14.5. The van der Waals surface area contributed by atoms with Gasteiger partial charge in [-0.2, -0.15) is 0 Å². The number of carboxylic acid groups (broad SMARTS) is 1. The minimum atomic E-state index is -1.51. The summed E-state index contributed by atoms with van der Waals surface area (Å²) >= 11 is 3.72. The molecule has 5 rings (SSSR count). The summed E-state index contributed by atoms with van der Waals surface area (Å²) in [5.74, 6) is -3.40. The van der Waals surface area contributed by atoms with E-state index in [4.69, 9.17) is 4.74 Å². The molecule has 2 bridgehead atoms. The number of carbonyl (C=O) groups excluding carboxylic acids is 4. The highest BCUT2D eigenvalue weighted by Crippen LogP contribution is 2.77. The topological polar surface area (TPSA) is 130 Å². The molecule has 2 aromatic rings. The summed E-state index contributed by atoms with van der Waals surface area (Å²) in [6, 6.07) is 17.7. The third kappa shape index (κ3) is 4.44. The number of allylic oxidation sites excluding steroid dienone is 2. The van der Waals surface area contributed by atoms with Gasteiger partial charge in [-0.05, 0) is 55.4 Å². The molecule has 0 radical (unpaired) electrons. The van der Waals surface area contributed by atoms with Crippen molar-refractivity contribution in [2.75, 3.05) is 13.2 Å². The Morgan fingerprint density at radius 2 is 1.56 bits per heavy atom. The number of imide groups is 1. The summed E-state index contributed by atoms with van der Waals surface area (Å²) in [7, 11) is 0. The Morgan fingerprint density at radius 3 is 2.12 bits per heavy atom. The maximum atomic E-state index is 14.5. The maximum Gasteiger partial charge on any atom is 0.407 e. The molecule has 226 valence electrons. The molecule has 2 N–H and O–H groups in total. The Balaban J connectivity index is 1.46. The van der Waals surface area contributed by atoms with Gasteiger partial charge in [-0.3, -0.25) is 19.3 Å². The van der Waals surface area contributed by atoms with Gasteiger partial charge in [0.15, 0.2) is 5.78 Å². The quantitative estimate of drug-likeness (QED) is 0.197. The number of aliphatic carboxylic acids is 1. The van der Waals surface area contributed by atoms with Crippen molar-refractivity contribution in [1.82, 2.24) is 10.2 Å². The molecule has 1 heterocycles. The zero-order chi connectivity index (χ0) is 31.2. The molecule has 5 unspecified atom stereocenters. The number of hydrogen-bond donors (Lipinski definition) is 2. The molecule has 2 aromatic carbocycles. The number of alkyl carbamates (subject to hydrolysis) is 1. The van der Waals surface area contributed by atoms with E-state index >= 15 is 0 Å². The molecule has 1 saturated heterocycles. The Labute approximate surface area is 258 Å². The second kappa shape index (κ2) is 11.4. The van der Waals surface area contributed by atoms with Crippen LogP contribution in [-0.2, 0) is 23.9 Å². The number of carbonyl (C=O) groups is 5. The Kier molecular flexibility index (Phi) is 8.11. The van der Waals surface area contributed by atoms with Crippen LogP contribution in [0, 0.1) is 16.7 Å². The lowest BCUT2D eigenvalue weighted by Gasteiger charge is -2.41. The number of nitrogens with zero attached hydrogens (tertiary/aromatic N) is 1. The molecule has 9 nitrogen and oxygen atoms in total. The van der Waals surface area contributed by atoms with E-state index < -0.39 is 51.0 Å². The monoisotopic (exact) mass is 650 g/mol. The van der Waals surface area contributed by atoms with E-state index in [1.165, 1.54) is 0 Å². The van der Waals surface area contributed by atoms with Crippen LogP contribution in [0.3, 0.4) is 0 Å². The Bertz CT molecular complexity index is 1510. The standard InChI is InChI=1S/C33H35BrN2O7/c1-4-5-19-43-30(42)35-22(27(38)39)17-12-18-36-26(37)25-31(2)23(20-13-8-6-9-14-20)24(21-15-10-7-11-16-21)32(3,28(31)40)33(25,34)29(36)41/h6-11,13-16,22,25H,4-5,12,17-19H2,1-3H3,(H,35,42)(H,38,39). The zero-order valence-electron chi connectivity index (χ0n) is 24.4. The summed E-state index contributed by atoms with van der Waals surface area (Å²) in [4.78, 5) is 67.8. The van der Waals surface area contributed by atoms with E-state index in [1.54, 1.807) is 13.8 Å². The number of unbranched alkanes of at least 4 members (excludes halogenated alkanes) is 1. The number of halogens is 1. The van der Waals surface area contributed by atoms with E-state index in [2.05, 4.69) is 21.2 Å². The number of alkyl halides is 1. The van der Waals surface area contributed by atoms with E-state index in [1.807, 2.05) is 67.6 Å². The first kappa shape index (κ1) is 30.7. The molecule has 0 aromatic heterocycles. The number of rotatable bonds is 11. The van der Waals surface area contributed by atoms with Gasteiger partial charge in [-0.25, -0.2) is 9.59 Å². The van der Waals surface area contributed by atoms with Gasteiger partial charge in [0.2, 0.25) is 11.8 Å². The summed E-state index contributed by atoms with van der Waals surface area (Å²) in [6.45, 7) is 5.59. The molecule has 1 saturated carbocycles. The number of ketones is 1. The van der Waals surface area contributed by atoms with Gasteiger partial charge < -0.3 is 15.2 Å². The first-order chi connectivity index (χ1) is 20.4. The highest BCUT2D eigenvalue weighted by molar-refractivity contribution is 9.10. The largest absolute Gasteiger partial charge is 0.480 e. The number of Topliss-reactive ketones (excluding diaryl/α,β-unsaturated/α-hetero) is 1. The lowest BCUT2D eigenvalue weighted by Crippen LogP contribution is -2.50. The summed E-state index contributed by atoms with van der Waals surface area (Å²) in [5, 5.41) is 12.0. The molecule has 0 spiro atoms. The second-order valence-corrected chi connectivity index (χ2v) is 13.0. The van der Waals surface area contributed by atoms with E-state index in [9.17, 15) is 29.1 Å². The molecular formula is C33H35BrN2O7. The van der Waals surface area contributed by atoms with Crippen LogP contribution in [0.4, 0.5) is 4.79 Å². The van der Waals surface area contributed by atoms with Gasteiger partial charge >= 0.3 is 12.1 Å². The van der Waals surface area contributed by atoms with Gasteiger partial charge in [0, 0.05) is 6.54 Å². The highest BCUT2D eigenvalue weighted by atomic mass is 79.9. The summed E-state index contributed by atoms with van der Waals surface area (Å²) < 4.78 is 3.51. The van der Waals surface area contributed by atoms with Crippen molar-refractivity contribution in [3.8, 4) is 0 Å². The molecule has 3 amide bonds. The number of amides is 3. The Morgan fingerprint density at radius 1 is 0.977 bits per heavy atom. The number of likely N-dealkylation sites (tertiary alicyclic amines) is 1. The van der Waals surface area contributed by atoms with Gasteiger partial charge in [-0.1, -0.05) is 89.9 Å². The molecule has 2 fully saturated rings. The predicted molar refractivity (Wildman–Crippen MR) is 163 cm³/mol. The Hall–Kier alpha value is -3.79. The van der Waals surface area contributed by atoms with Crippen LogP contribution in [0.5, 0.6) is 0 Å². The third-order valence-electron chi connectivity index (χ3n) is 9.29.